The molecule has 348 valence electrons. The van der Waals surface area contributed by atoms with Crippen molar-refractivity contribution in [2.45, 2.75) is 97.9 Å². The van der Waals surface area contributed by atoms with E-state index in [1.807, 2.05) is 38.7 Å². The number of unbranched alkanes of at least 4 members (excludes halogenated alkanes) is 1. The number of likely N-dealkylation sites (tertiary alicyclic amines) is 1. The van der Waals surface area contributed by atoms with Crippen LogP contribution in [0.1, 0.15) is 110 Å². The number of carbonyl (C=O) groups is 2. The Bertz CT molecular complexity index is 2820. The van der Waals surface area contributed by atoms with Crippen molar-refractivity contribution in [3.63, 3.8) is 0 Å². The van der Waals surface area contributed by atoms with E-state index in [0.29, 0.717) is 71.3 Å². The van der Waals surface area contributed by atoms with Gasteiger partial charge in [-0.1, -0.05) is 45.2 Å². The van der Waals surface area contributed by atoms with Crippen LogP contribution in [0.4, 0.5) is 20.3 Å². The summed E-state index contributed by atoms with van der Waals surface area (Å²) >= 11 is 6.24. The number of nitrogens with one attached hydrogen (secondary N) is 1. The summed E-state index contributed by atoms with van der Waals surface area (Å²) < 4.78 is 39.5. The molecule has 1 N–H and O–H groups in total. The van der Waals surface area contributed by atoms with Gasteiger partial charge in [-0.05, 0) is 67.1 Å². The van der Waals surface area contributed by atoms with Gasteiger partial charge in [0.15, 0.2) is 5.82 Å². The van der Waals surface area contributed by atoms with E-state index in [2.05, 4.69) is 52.8 Å². The van der Waals surface area contributed by atoms with E-state index in [4.69, 9.17) is 21.4 Å². The van der Waals surface area contributed by atoms with E-state index in [9.17, 15) is 23.6 Å². The third-order valence-corrected chi connectivity index (χ3v) is 14.3. The number of rotatable bonds is 11. The van der Waals surface area contributed by atoms with E-state index in [-0.39, 0.29) is 35.6 Å². The number of amides is 2. The molecule has 0 atom stereocenters. The van der Waals surface area contributed by atoms with Crippen molar-refractivity contribution in [3.8, 4) is 34.8 Å². The first-order chi connectivity index (χ1) is 32.0. The summed E-state index contributed by atoms with van der Waals surface area (Å²) in [5.41, 5.74) is 4.87. The highest BCUT2D eigenvalue weighted by atomic mass is 35.5. The molecule has 0 unspecified atom stereocenters. The quantitative estimate of drug-likeness (QED) is 0.103. The second-order valence-electron chi connectivity index (χ2n) is 19.3. The molecule has 4 aliphatic rings. The fourth-order valence-electron chi connectivity index (χ4n) is 10.8. The maximum absolute atomic E-state index is 14.7. The number of carbonyl (C=O) groups excluding carboxylic acids is 2. The number of anilines is 2. The molecule has 14 nitrogen and oxygen atoms in total. The zero-order valence-corrected chi connectivity index (χ0v) is 39.4. The van der Waals surface area contributed by atoms with Gasteiger partial charge in [0.05, 0.1) is 34.9 Å². The molecular formula is C50H54ClF2N11O3. The normalized spacial score (nSPS) is 19.6. The number of alkyl halides is 2. The molecule has 2 aromatic carbocycles. The smallest absolute Gasteiger partial charge is 0.264 e. The van der Waals surface area contributed by atoms with Crippen LogP contribution in [0.2, 0.25) is 5.02 Å². The number of ether oxygens (including phenoxy) is 1. The minimum Gasteiger partial charge on any atom is -0.489 e. The highest BCUT2D eigenvalue weighted by molar-refractivity contribution is 6.31. The Balaban J connectivity index is 0.799. The number of nitrogens with zero attached hydrogens (tertiary/aromatic N) is 10. The molecule has 1 saturated carbocycles. The molecule has 0 bridgehead atoms. The van der Waals surface area contributed by atoms with E-state index >= 15 is 0 Å². The second-order valence-corrected chi connectivity index (χ2v) is 19.7. The molecule has 0 radical (unpaired) electrons. The van der Waals surface area contributed by atoms with Gasteiger partial charge in [-0.15, -0.1) is 0 Å². The lowest BCUT2D eigenvalue weighted by atomic mass is 9.49. The van der Waals surface area contributed by atoms with Gasteiger partial charge < -0.3 is 19.9 Å². The number of aryl methyl sites for hydroxylation is 2. The summed E-state index contributed by atoms with van der Waals surface area (Å²) in [5.74, 6) is 7.60. The monoisotopic (exact) mass is 929 g/mol. The maximum atomic E-state index is 14.7. The summed E-state index contributed by atoms with van der Waals surface area (Å²) in [4.78, 5) is 41.0. The van der Waals surface area contributed by atoms with Gasteiger partial charge >= 0.3 is 0 Å². The molecule has 5 aromatic rings. The van der Waals surface area contributed by atoms with Crippen molar-refractivity contribution in [3.05, 3.63) is 99.5 Å². The lowest BCUT2D eigenvalue weighted by Gasteiger charge is -2.63. The Labute approximate surface area is 394 Å². The van der Waals surface area contributed by atoms with Crippen molar-refractivity contribution >= 4 is 34.9 Å². The Morgan fingerprint density at radius 2 is 1.81 bits per heavy atom. The van der Waals surface area contributed by atoms with Gasteiger partial charge in [0.2, 0.25) is 11.7 Å². The third-order valence-electron chi connectivity index (χ3n) is 14.0. The van der Waals surface area contributed by atoms with Crippen molar-refractivity contribution < 1.29 is 23.1 Å². The highest BCUT2D eigenvalue weighted by Gasteiger charge is 2.64. The second kappa shape index (κ2) is 18.0. The third kappa shape index (κ3) is 8.73. The highest BCUT2D eigenvalue weighted by Crippen LogP contribution is 2.56. The van der Waals surface area contributed by atoms with Crippen molar-refractivity contribution in [1.29, 1.82) is 5.26 Å². The van der Waals surface area contributed by atoms with Gasteiger partial charge in [0.25, 0.3) is 12.3 Å². The van der Waals surface area contributed by atoms with Crippen molar-refractivity contribution in [1.82, 2.24) is 44.6 Å². The van der Waals surface area contributed by atoms with Crippen LogP contribution in [0.3, 0.4) is 0 Å². The largest absolute Gasteiger partial charge is 0.489 e. The van der Waals surface area contributed by atoms with Crippen molar-refractivity contribution in [2.75, 3.05) is 37.6 Å². The Morgan fingerprint density at radius 1 is 1.04 bits per heavy atom. The fraction of sp³-hybridized carbons (Fsp3) is 0.460. The minimum absolute atomic E-state index is 0.00157. The predicted molar refractivity (Wildman–Crippen MR) is 249 cm³/mol. The Kier molecular flexibility index (Phi) is 12.3. The van der Waals surface area contributed by atoms with Crippen LogP contribution in [-0.4, -0.2) is 96.0 Å². The average Bonchev–Trinajstić information content (AvgIpc) is 3.90. The topological polar surface area (TPSA) is 150 Å². The zero-order chi connectivity index (χ0) is 47.4. The SMILES string of the molecule is CC(=O)N1CCc2c(c(N3CCCc4cc(-c5cnn(C)c5)c(C(F)F)cc43)nn2C2CN(CCCC#Cc3ncc(C(=O)NC4C(C)(C)C(Oc5ccc(C#N)c(Cl)c5)C4(C)C)cn3)C2)C1. The number of fused-ring (bicyclic) bond motifs is 2. The molecule has 67 heavy (non-hydrogen) atoms. The van der Waals surface area contributed by atoms with E-state index in [1.165, 1.54) is 12.4 Å². The molecule has 3 aromatic heterocycles. The lowest BCUT2D eigenvalue weighted by Crippen LogP contribution is -2.74. The molecule has 2 amide bonds. The van der Waals surface area contributed by atoms with E-state index in [0.717, 1.165) is 67.2 Å². The van der Waals surface area contributed by atoms with E-state index < -0.39 is 17.3 Å². The average molecular weight is 931 g/mol. The number of nitriles is 1. The Hall–Kier alpha value is -6.36. The summed E-state index contributed by atoms with van der Waals surface area (Å²) in [7, 11) is 1.78. The molecule has 6 heterocycles. The predicted octanol–water partition coefficient (Wildman–Crippen LogP) is 7.83. The van der Waals surface area contributed by atoms with Gasteiger partial charge in [-0.3, -0.25) is 23.9 Å². The fourth-order valence-corrected chi connectivity index (χ4v) is 11.0. The number of benzene rings is 2. The van der Waals surface area contributed by atoms with Gasteiger partial charge in [0, 0.05) is 123 Å². The zero-order valence-electron chi connectivity index (χ0n) is 38.6. The van der Waals surface area contributed by atoms with Crippen LogP contribution < -0.4 is 15.0 Å². The first-order valence-electron chi connectivity index (χ1n) is 22.8. The van der Waals surface area contributed by atoms with Gasteiger partial charge in [0.1, 0.15) is 17.9 Å². The summed E-state index contributed by atoms with van der Waals surface area (Å²) in [5, 5.41) is 22.2. The summed E-state index contributed by atoms with van der Waals surface area (Å²) in [6.07, 6.45) is 7.28. The van der Waals surface area contributed by atoms with Crippen LogP contribution in [0, 0.1) is 34.0 Å². The summed E-state index contributed by atoms with van der Waals surface area (Å²) in [6.45, 7) is 14.0. The van der Waals surface area contributed by atoms with Crippen LogP contribution in [0.25, 0.3) is 11.1 Å². The lowest BCUT2D eigenvalue weighted by molar-refractivity contribution is -0.164. The standard InChI is InChI=1S/C50H54ClF2N11O3/c1-30(65)62-18-15-41-39(29-62)45(63-17-10-11-31-19-37(34-25-57-60(6)26-34)38(44(52)53)21-42(31)63)59-64(41)35-27-61(28-35)16-9-7-8-12-43-55-23-33(24-56-43)46(66)58-47-49(2,3)48(50(47,4)5)67-36-14-13-32(22-54)40(51)20-36/h13-14,19-21,23-26,35,44,47-48H,7,9-11,15-18,27-29H2,1-6H3,(H,58,66). The van der Waals surface area contributed by atoms with Crippen LogP contribution >= 0.6 is 11.6 Å². The van der Waals surface area contributed by atoms with Crippen LogP contribution in [0.15, 0.2) is 55.1 Å². The van der Waals surface area contributed by atoms with E-state index in [1.54, 1.807) is 55.3 Å². The van der Waals surface area contributed by atoms with Crippen LogP contribution in [0.5, 0.6) is 5.75 Å². The molecule has 1 aliphatic carbocycles. The van der Waals surface area contributed by atoms with Gasteiger partial charge in [-0.25, -0.2) is 18.7 Å². The van der Waals surface area contributed by atoms with Gasteiger partial charge in [-0.2, -0.15) is 15.5 Å². The first kappa shape index (κ1) is 45.8. The molecular weight excluding hydrogens is 876 g/mol. The molecule has 9 rings (SSSR count). The first-order valence-corrected chi connectivity index (χ1v) is 23.2. The maximum Gasteiger partial charge on any atom is 0.264 e. The number of aromatic nitrogens is 6. The molecule has 1 saturated heterocycles. The molecule has 0 spiro atoms. The molecule has 17 heteroatoms. The molecule has 2 fully saturated rings. The number of hydrogen-bond donors (Lipinski definition) is 1. The number of halogens is 3. The minimum atomic E-state index is -2.67. The molecule has 3 aliphatic heterocycles. The van der Waals surface area contributed by atoms with Crippen LogP contribution in [-0.2, 0) is 31.2 Å². The Morgan fingerprint density at radius 3 is 2.48 bits per heavy atom. The van der Waals surface area contributed by atoms with Crippen molar-refractivity contribution in [2.24, 2.45) is 17.9 Å². The summed E-state index contributed by atoms with van der Waals surface area (Å²) in [6, 6.07) is 10.6. The number of hydrogen-bond acceptors (Lipinski definition) is 10.